The van der Waals surface area contributed by atoms with Gasteiger partial charge in [0.25, 0.3) is 0 Å². The Balaban J connectivity index is 2.69. The van der Waals surface area contributed by atoms with E-state index in [1.165, 1.54) is 5.56 Å². The van der Waals surface area contributed by atoms with Crippen LogP contribution in [0, 0.1) is 3.70 Å². The zero-order valence-corrected chi connectivity index (χ0v) is 16.6. The minimum Gasteiger partial charge on any atom is -0.443 e. The summed E-state index contributed by atoms with van der Waals surface area (Å²) in [5.74, 6) is 0.331. The fourth-order valence-corrected chi connectivity index (χ4v) is 4.02. The van der Waals surface area contributed by atoms with Crippen molar-refractivity contribution in [1.29, 1.82) is 0 Å². The minimum absolute atomic E-state index is 0.328. The molecule has 114 valence electrons. The number of halogens is 2. The molecule has 2 aromatic rings. The van der Waals surface area contributed by atoms with Gasteiger partial charge in [-0.05, 0) is 73.0 Å². The number of benzene rings is 1. The molecule has 0 aliphatic carbocycles. The van der Waals surface area contributed by atoms with Crippen LogP contribution < -0.4 is 0 Å². The Morgan fingerprint density at radius 2 is 1.95 bits per heavy atom. The summed E-state index contributed by atoms with van der Waals surface area (Å²) < 4.78 is 9.14. The quantitative estimate of drug-likeness (QED) is 0.492. The van der Waals surface area contributed by atoms with Crippen LogP contribution in [0.15, 0.2) is 22.7 Å². The molecule has 1 aromatic carbocycles. The Kier molecular flexibility index (Phi) is 4.73. The predicted molar refractivity (Wildman–Crippen MR) is 98.1 cm³/mol. The number of aromatic nitrogens is 1. The van der Waals surface area contributed by atoms with Crippen molar-refractivity contribution in [2.24, 2.45) is 0 Å². The molecule has 0 saturated heterocycles. The fraction of sp³-hybridized carbons (Fsp3) is 0.438. The number of carbonyl (C=O) groups is 1. The van der Waals surface area contributed by atoms with E-state index in [0.717, 1.165) is 19.1 Å². The molecule has 0 aliphatic heterocycles. The molecule has 0 amide bonds. The van der Waals surface area contributed by atoms with Crippen LogP contribution in [0.5, 0.6) is 0 Å². The molecule has 0 radical (unpaired) electrons. The van der Waals surface area contributed by atoms with E-state index in [4.69, 9.17) is 4.74 Å². The van der Waals surface area contributed by atoms with Crippen LogP contribution in [0.1, 0.15) is 46.1 Å². The highest BCUT2D eigenvalue weighted by Crippen LogP contribution is 2.35. The first-order valence-corrected chi connectivity index (χ1v) is 8.71. The molecule has 2 rings (SSSR count). The van der Waals surface area contributed by atoms with Gasteiger partial charge in [0.05, 0.1) is 9.22 Å². The van der Waals surface area contributed by atoms with Gasteiger partial charge < -0.3 is 4.74 Å². The van der Waals surface area contributed by atoms with E-state index < -0.39 is 5.60 Å². The van der Waals surface area contributed by atoms with Crippen molar-refractivity contribution in [2.75, 3.05) is 0 Å². The van der Waals surface area contributed by atoms with Crippen LogP contribution in [0.2, 0.25) is 0 Å². The van der Waals surface area contributed by atoms with Gasteiger partial charge in [-0.3, -0.25) is 0 Å². The molecule has 0 saturated carbocycles. The highest BCUT2D eigenvalue weighted by Gasteiger charge is 2.25. The number of ether oxygens (including phenoxy) is 1. The Labute approximate surface area is 147 Å². The summed E-state index contributed by atoms with van der Waals surface area (Å²) in [6, 6.07) is 5.97. The summed E-state index contributed by atoms with van der Waals surface area (Å²) in [4.78, 5) is 12.5. The molecule has 1 aromatic heterocycles. The first-order chi connectivity index (χ1) is 9.61. The number of carbonyl (C=O) groups excluding carboxylic acids is 1. The van der Waals surface area contributed by atoms with E-state index in [9.17, 15) is 4.79 Å². The Morgan fingerprint density at radius 3 is 2.48 bits per heavy atom. The Hall–Kier alpha value is -0.560. The predicted octanol–water partition coefficient (Wildman–Crippen LogP) is 5.92. The lowest BCUT2D eigenvalue weighted by atomic mass is 10.0. The molecular weight excluding hydrogens is 445 g/mol. The van der Waals surface area contributed by atoms with Gasteiger partial charge in [-0.2, -0.15) is 0 Å². The first kappa shape index (κ1) is 16.8. The van der Waals surface area contributed by atoms with Crippen molar-refractivity contribution in [1.82, 2.24) is 4.57 Å². The maximum absolute atomic E-state index is 12.5. The van der Waals surface area contributed by atoms with Gasteiger partial charge in [0, 0.05) is 9.86 Å². The summed E-state index contributed by atoms with van der Waals surface area (Å²) in [6.07, 6.45) is -0.328. The van der Waals surface area contributed by atoms with Gasteiger partial charge in [-0.25, -0.2) is 9.36 Å². The van der Waals surface area contributed by atoms with Crippen LogP contribution in [-0.2, 0) is 4.74 Å². The van der Waals surface area contributed by atoms with Crippen LogP contribution >= 0.6 is 38.5 Å². The topological polar surface area (TPSA) is 31.2 Å². The van der Waals surface area contributed by atoms with Gasteiger partial charge in [0.15, 0.2) is 0 Å². The number of fused-ring (bicyclic) bond motifs is 1. The van der Waals surface area contributed by atoms with Gasteiger partial charge in [0.2, 0.25) is 0 Å². The molecule has 0 bridgehead atoms. The third-order valence-electron chi connectivity index (χ3n) is 3.06. The Bertz CT molecular complexity index is 698. The number of rotatable bonds is 1. The molecule has 1 heterocycles. The number of nitrogens with zero attached hydrogens (tertiary/aromatic N) is 1. The lowest BCUT2D eigenvalue weighted by molar-refractivity contribution is 0.0540. The van der Waals surface area contributed by atoms with Gasteiger partial charge in [-0.1, -0.05) is 29.8 Å². The van der Waals surface area contributed by atoms with Crippen molar-refractivity contribution in [3.8, 4) is 0 Å². The highest BCUT2D eigenvalue weighted by atomic mass is 127. The van der Waals surface area contributed by atoms with Crippen molar-refractivity contribution in [3.05, 3.63) is 31.9 Å². The highest BCUT2D eigenvalue weighted by molar-refractivity contribution is 14.1. The molecule has 21 heavy (non-hydrogen) atoms. The zero-order valence-electron chi connectivity index (χ0n) is 12.8. The SMILES string of the molecule is CC(C)c1c(I)n(C(=O)OC(C)(C)C)c2ccc(Br)cc12. The standard InChI is InChI=1S/C16H19BrINO2/c1-9(2)13-11-8-10(17)6-7-12(11)19(14(13)18)15(20)21-16(3,4)5/h6-9H,1-5H3. The summed E-state index contributed by atoms with van der Waals surface area (Å²) in [5, 5.41) is 1.09. The first-order valence-electron chi connectivity index (χ1n) is 6.84. The van der Waals surface area contributed by atoms with Crippen molar-refractivity contribution in [2.45, 2.75) is 46.1 Å². The van der Waals surface area contributed by atoms with Crippen LogP contribution in [0.25, 0.3) is 10.9 Å². The molecular formula is C16H19BrINO2. The maximum atomic E-state index is 12.5. The number of hydrogen-bond donors (Lipinski definition) is 0. The second-order valence-electron chi connectivity index (χ2n) is 6.34. The summed E-state index contributed by atoms with van der Waals surface area (Å²) in [7, 11) is 0. The molecule has 5 heteroatoms. The Morgan fingerprint density at radius 1 is 1.33 bits per heavy atom. The monoisotopic (exact) mass is 463 g/mol. The fourth-order valence-electron chi connectivity index (χ4n) is 2.29. The van der Waals surface area contributed by atoms with E-state index >= 15 is 0 Å². The molecule has 0 unspecified atom stereocenters. The van der Waals surface area contributed by atoms with Crippen LogP contribution in [0.4, 0.5) is 4.79 Å². The largest absolute Gasteiger partial charge is 0.443 e. The lowest BCUT2D eigenvalue weighted by Crippen LogP contribution is -2.27. The summed E-state index contributed by atoms with van der Waals surface area (Å²) in [5.41, 5.74) is 1.56. The molecule has 3 nitrogen and oxygen atoms in total. The molecule has 0 N–H and O–H groups in total. The lowest BCUT2D eigenvalue weighted by Gasteiger charge is -2.20. The van der Waals surface area contributed by atoms with E-state index in [2.05, 4.69) is 58.4 Å². The molecule has 0 fully saturated rings. The van der Waals surface area contributed by atoms with E-state index in [0.29, 0.717) is 5.92 Å². The van der Waals surface area contributed by atoms with Crippen molar-refractivity contribution >= 4 is 55.5 Å². The summed E-state index contributed by atoms with van der Waals surface area (Å²) >= 11 is 5.74. The average molecular weight is 464 g/mol. The molecule has 0 spiro atoms. The van der Waals surface area contributed by atoms with E-state index in [1.54, 1.807) is 4.57 Å². The normalized spacial score (nSPS) is 12.2. The third-order valence-corrected chi connectivity index (χ3v) is 4.62. The maximum Gasteiger partial charge on any atom is 0.419 e. The number of hydrogen-bond acceptors (Lipinski definition) is 2. The summed E-state index contributed by atoms with van der Waals surface area (Å²) in [6.45, 7) is 9.91. The van der Waals surface area contributed by atoms with Gasteiger partial charge in [0.1, 0.15) is 5.60 Å². The van der Waals surface area contributed by atoms with Crippen molar-refractivity contribution < 1.29 is 9.53 Å². The van der Waals surface area contributed by atoms with E-state index in [1.807, 2.05) is 32.9 Å². The van der Waals surface area contributed by atoms with Gasteiger partial charge in [-0.15, -0.1) is 0 Å². The van der Waals surface area contributed by atoms with Crippen LogP contribution in [0.3, 0.4) is 0 Å². The third kappa shape index (κ3) is 3.44. The van der Waals surface area contributed by atoms with Gasteiger partial charge >= 0.3 is 6.09 Å². The average Bonchev–Trinajstić information content (AvgIpc) is 2.57. The van der Waals surface area contributed by atoms with Crippen LogP contribution in [-0.4, -0.2) is 16.3 Å². The molecule has 0 aliphatic rings. The second-order valence-corrected chi connectivity index (χ2v) is 8.27. The van der Waals surface area contributed by atoms with E-state index in [-0.39, 0.29) is 6.09 Å². The minimum atomic E-state index is -0.510. The van der Waals surface area contributed by atoms with Crippen molar-refractivity contribution in [3.63, 3.8) is 0 Å². The smallest absolute Gasteiger partial charge is 0.419 e. The zero-order chi connectivity index (χ0) is 15.9. The molecule has 0 atom stereocenters. The second kappa shape index (κ2) is 5.91.